The van der Waals surface area contributed by atoms with Crippen molar-refractivity contribution in [3.8, 4) is 22.7 Å². The van der Waals surface area contributed by atoms with Crippen LogP contribution in [-0.2, 0) is 16.3 Å². The summed E-state index contributed by atoms with van der Waals surface area (Å²) in [6.45, 7) is 2.15. The van der Waals surface area contributed by atoms with Gasteiger partial charge in [0.1, 0.15) is 5.52 Å². The van der Waals surface area contributed by atoms with Gasteiger partial charge in [-0.25, -0.2) is 9.67 Å². The first-order valence-electron chi connectivity index (χ1n) is 12.8. The zero-order valence-corrected chi connectivity index (χ0v) is 23.7. The molecule has 0 saturated carbocycles. The van der Waals surface area contributed by atoms with Crippen LogP contribution in [0.1, 0.15) is 5.56 Å². The van der Waals surface area contributed by atoms with Crippen LogP contribution in [0.25, 0.3) is 38.8 Å². The molecule has 0 unspecified atom stereocenters. The molecule has 1 fully saturated rings. The highest BCUT2D eigenvalue weighted by molar-refractivity contribution is 7.85. The molecule has 12 nitrogen and oxygen atoms in total. The summed E-state index contributed by atoms with van der Waals surface area (Å²) in [6.07, 6.45) is -2.21. The van der Waals surface area contributed by atoms with Crippen molar-refractivity contribution in [2.24, 2.45) is 0 Å². The second-order valence-electron chi connectivity index (χ2n) is 9.67. The van der Waals surface area contributed by atoms with E-state index in [1.807, 2.05) is 18.2 Å². The molecule has 5 aromatic rings. The number of rotatable bonds is 4. The molecule has 2 aromatic carbocycles. The normalized spacial score (nSPS) is 14.0. The van der Waals surface area contributed by atoms with Crippen LogP contribution in [0.3, 0.4) is 0 Å². The fourth-order valence-corrected chi connectivity index (χ4v) is 4.80. The molecule has 43 heavy (non-hydrogen) atoms. The minimum atomic E-state index is -4.58. The van der Waals surface area contributed by atoms with E-state index in [0.717, 1.165) is 17.2 Å². The van der Waals surface area contributed by atoms with Crippen LogP contribution in [-0.4, -0.2) is 77.5 Å². The number of pyridine rings is 2. The predicted octanol–water partition coefficient (Wildman–Crippen LogP) is 3.27. The molecular weight excluding hydrogens is 591 g/mol. The summed E-state index contributed by atoms with van der Waals surface area (Å²) in [5, 5.41) is 11.8. The summed E-state index contributed by atoms with van der Waals surface area (Å²) < 4.78 is 74.9. The standard InChI is InChI=1S/C26H22F3N7O2.CH4O3S/c1-38-22-7-3-16(14-31-22)15-2-5-20-18(12-15)24-23(25(37)32-20)33-34-36(24)17-4-6-21(19(13-17)26(27,28)29)35-10-8-30-9-11-35;1-5(2,3)4/h2-7,12-14,30H,8-11H2,1H3,(H,32,37);1H3,(H,2,3,4). The molecule has 0 atom stereocenters. The van der Waals surface area contributed by atoms with Crippen molar-refractivity contribution in [3.63, 3.8) is 0 Å². The topological polar surface area (TPSA) is 155 Å². The lowest BCUT2D eigenvalue weighted by molar-refractivity contribution is -0.137. The number of nitrogens with one attached hydrogen (secondary N) is 2. The number of benzene rings is 2. The van der Waals surface area contributed by atoms with Crippen LogP contribution in [0.4, 0.5) is 18.9 Å². The summed E-state index contributed by atoms with van der Waals surface area (Å²) in [4.78, 5) is 21.5. The predicted molar refractivity (Wildman–Crippen MR) is 154 cm³/mol. The van der Waals surface area contributed by atoms with Crippen molar-refractivity contribution in [2.75, 3.05) is 44.4 Å². The number of fused-ring (bicyclic) bond motifs is 3. The van der Waals surface area contributed by atoms with Gasteiger partial charge in [-0.1, -0.05) is 11.3 Å². The lowest BCUT2D eigenvalue weighted by Gasteiger charge is -2.31. The van der Waals surface area contributed by atoms with Gasteiger partial charge in [0.05, 0.1) is 30.1 Å². The molecular formula is C27H26F3N7O5S. The smallest absolute Gasteiger partial charge is 0.418 e. The third kappa shape index (κ3) is 6.60. The van der Waals surface area contributed by atoms with Gasteiger partial charge < -0.3 is 19.9 Å². The molecule has 1 aliphatic rings. The van der Waals surface area contributed by atoms with Gasteiger partial charge in [-0.2, -0.15) is 21.6 Å². The van der Waals surface area contributed by atoms with Gasteiger partial charge in [-0.15, -0.1) is 5.10 Å². The Morgan fingerprint density at radius 3 is 2.35 bits per heavy atom. The minimum absolute atomic E-state index is 0.0299. The van der Waals surface area contributed by atoms with E-state index < -0.39 is 27.4 Å². The Bertz CT molecular complexity index is 1940. The number of H-pyrrole nitrogens is 1. The third-order valence-electron chi connectivity index (χ3n) is 6.67. The van der Waals surface area contributed by atoms with E-state index >= 15 is 0 Å². The highest BCUT2D eigenvalue weighted by Gasteiger charge is 2.36. The number of methoxy groups -OCH3 is 1. The number of aromatic amines is 1. The lowest BCUT2D eigenvalue weighted by Crippen LogP contribution is -2.44. The lowest BCUT2D eigenvalue weighted by atomic mass is 10.0. The minimum Gasteiger partial charge on any atom is -0.481 e. The first kappa shape index (κ1) is 29.9. The fourth-order valence-electron chi connectivity index (χ4n) is 4.80. The molecule has 1 aliphatic heterocycles. The number of anilines is 1. The third-order valence-corrected chi connectivity index (χ3v) is 6.67. The Labute approximate surface area is 242 Å². The van der Waals surface area contributed by atoms with Gasteiger partial charge in [0.25, 0.3) is 15.7 Å². The Hall–Kier alpha value is -4.54. The Balaban J connectivity index is 0.000000682. The summed E-state index contributed by atoms with van der Waals surface area (Å²) in [6, 6.07) is 13.1. The Morgan fingerprint density at radius 1 is 1.02 bits per heavy atom. The SMILES string of the molecule is COc1ccc(-c2ccc3[nH]c(=O)c4nnn(-c5ccc(N6CCNCC6)c(C(F)(F)F)c5)c4c3c2)cn1.CS(=O)(=O)O. The van der Waals surface area contributed by atoms with Gasteiger partial charge in [-0.3, -0.25) is 9.35 Å². The quantitative estimate of drug-likeness (QED) is 0.256. The zero-order chi connectivity index (χ0) is 30.9. The van der Waals surface area contributed by atoms with Crippen LogP contribution < -0.4 is 20.5 Å². The summed E-state index contributed by atoms with van der Waals surface area (Å²) in [5.41, 5.74) is 1.46. The first-order valence-corrected chi connectivity index (χ1v) is 14.7. The van der Waals surface area contributed by atoms with Crippen LogP contribution >= 0.6 is 0 Å². The molecule has 6 rings (SSSR count). The van der Waals surface area contributed by atoms with Gasteiger partial charge in [0.15, 0.2) is 5.52 Å². The van der Waals surface area contributed by atoms with Crippen molar-refractivity contribution in [3.05, 3.63) is 70.6 Å². The summed E-state index contributed by atoms with van der Waals surface area (Å²) >= 11 is 0. The molecule has 0 amide bonds. The van der Waals surface area contributed by atoms with E-state index in [-0.39, 0.29) is 16.9 Å². The Morgan fingerprint density at radius 2 is 1.72 bits per heavy atom. The molecule has 0 radical (unpaired) electrons. The molecule has 1 saturated heterocycles. The average Bonchev–Trinajstić information content (AvgIpc) is 3.42. The monoisotopic (exact) mass is 617 g/mol. The maximum atomic E-state index is 14.2. The molecule has 16 heteroatoms. The highest BCUT2D eigenvalue weighted by atomic mass is 32.2. The number of aromatic nitrogens is 5. The second kappa shape index (κ2) is 11.6. The number of hydrogen-bond donors (Lipinski definition) is 3. The number of nitrogens with zero attached hydrogens (tertiary/aromatic N) is 5. The zero-order valence-electron chi connectivity index (χ0n) is 22.9. The van der Waals surface area contributed by atoms with E-state index in [0.29, 0.717) is 54.7 Å². The van der Waals surface area contributed by atoms with Crippen molar-refractivity contribution < 1.29 is 30.9 Å². The second-order valence-corrected chi connectivity index (χ2v) is 11.1. The number of halogens is 3. The van der Waals surface area contributed by atoms with Crippen molar-refractivity contribution in [1.82, 2.24) is 30.3 Å². The molecule has 0 aliphatic carbocycles. The van der Waals surface area contributed by atoms with Crippen LogP contribution in [0.5, 0.6) is 5.88 Å². The average molecular weight is 618 g/mol. The molecule has 0 spiro atoms. The molecule has 0 bridgehead atoms. The van der Waals surface area contributed by atoms with Gasteiger partial charge in [0, 0.05) is 55.1 Å². The molecule has 3 N–H and O–H groups in total. The maximum absolute atomic E-state index is 14.2. The van der Waals surface area contributed by atoms with E-state index in [1.165, 1.54) is 17.9 Å². The molecule has 4 heterocycles. The first-order chi connectivity index (χ1) is 20.3. The van der Waals surface area contributed by atoms with E-state index in [2.05, 4.69) is 25.6 Å². The van der Waals surface area contributed by atoms with E-state index in [9.17, 15) is 26.4 Å². The Kier molecular flexibility index (Phi) is 8.09. The number of ether oxygens (including phenoxy) is 1. The number of alkyl halides is 3. The van der Waals surface area contributed by atoms with Crippen molar-refractivity contribution in [2.45, 2.75) is 6.18 Å². The number of hydrogen-bond acceptors (Lipinski definition) is 9. The van der Waals surface area contributed by atoms with Crippen LogP contribution in [0.15, 0.2) is 59.5 Å². The molecule has 3 aromatic heterocycles. The summed E-state index contributed by atoms with van der Waals surface area (Å²) in [7, 11) is -2.14. The largest absolute Gasteiger partial charge is 0.481 e. The maximum Gasteiger partial charge on any atom is 0.418 e. The number of piperazine rings is 1. The van der Waals surface area contributed by atoms with Crippen molar-refractivity contribution >= 4 is 37.7 Å². The van der Waals surface area contributed by atoms with Gasteiger partial charge >= 0.3 is 6.18 Å². The summed E-state index contributed by atoms with van der Waals surface area (Å²) in [5.74, 6) is 0.466. The molecule has 226 valence electrons. The van der Waals surface area contributed by atoms with E-state index in [4.69, 9.17) is 9.29 Å². The van der Waals surface area contributed by atoms with Gasteiger partial charge in [-0.05, 0) is 42.0 Å². The fraction of sp³-hybridized carbons (Fsp3) is 0.259. The van der Waals surface area contributed by atoms with Crippen molar-refractivity contribution in [1.29, 1.82) is 0 Å². The van der Waals surface area contributed by atoms with Crippen LogP contribution in [0, 0.1) is 0 Å². The van der Waals surface area contributed by atoms with E-state index in [1.54, 1.807) is 29.3 Å². The van der Waals surface area contributed by atoms with Gasteiger partial charge in [0.2, 0.25) is 5.88 Å². The van der Waals surface area contributed by atoms with Crippen LogP contribution in [0.2, 0.25) is 0 Å². The highest BCUT2D eigenvalue weighted by Crippen LogP contribution is 2.39.